The minimum atomic E-state index is -0.499. The summed E-state index contributed by atoms with van der Waals surface area (Å²) in [4.78, 5) is 34.3. The van der Waals surface area contributed by atoms with Crippen LogP contribution in [0.4, 0.5) is 0 Å². The highest BCUT2D eigenvalue weighted by atomic mass is 16.5. The summed E-state index contributed by atoms with van der Waals surface area (Å²) in [5.74, 6) is 1.21. The van der Waals surface area contributed by atoms with Crippen molar-refractivity contribution in [3.05, 3.63) is 29.8 Å². The number of primary amides is 1. The first-order valence-corrected chi connectivity index (χ1v) is 11.0. The molecule has 9 nitrogen and oxygen atoms in total. The fourth-order valence-electron chi connectivity index (χ4n) is 3.97. The van der Waals surface area contributed by atoms with E-state index in [1.165, 1.54) is 6.42 Å². The molecule has 3 rings (SSSR count). The van der Waals surface area contributed by atoms with Crippen molar-refractivity contribution < 1.29 is 14.3 Å². The highest BCUT2D eigenvalue weighted by molar-refractivity contribution is 5.80. The third-order valence-corrected chi connectivity index (χ3v) is 5.68. The molecule has 2 aliphatic heterocycles. The van der Waals surface area contributed by atoms with Gasteiger partial charge in [-0.15, -0.1) is 0 Å². The van der Waals surface area contributed by atoms with Crippen molar-refractivity contribution in [2.75, 3.05) is 59.5 Å². The van der Waals surface area contributed by atoms with Crippen LogP contribution in [0.1, 0.15) is 24.8 Å². The van der Waals surface area contributed by atoms with Crippen molar-refractivity contribution in [3.63, 3.8) is 0 Å². The Morgan fingerprint density at radius 1 is 1.06 bits per heavy atom. The predicted molar refractivity (Wildman–Crippen MR) is 120 cm³/mol. The van der Waals surface area contributed by atoms with Gasteiger partial charge in [0.05, 0.1) is 6.54 Å². The van der Waals surface area contributed by atoms with Gasteiger partial charge >= 0.3 is 0 Å². The molecule has 2 aliphatic rings. The maximum Gasteiger partial charge on any atom is 0.255 e. The molecule has 0 spiro atoms. The molecule has 3 N–H and O–H groups in total. The monoisotopic (exact) mass is 430 g/mol. The van der Waals surface area contributed by atoms with Crippen molar-refractivity contribution in [2.45, 2.75) is 25.8 Å². The Balaban J connectivity index is 1.43. The average Bonchev–Trinajstić information content (AvgIpc) is 2.80. The SMILES string of the molecule is CN=C(NCc1cccc(OCC(N)=O)c1)N1CCN(CC(=O)N2CCCCC2)CC1. The van der Waals surface area contributed by atoms with Crippen LogP contribution in [0.15, 0.2) is 29.3 Å². The number of rotatable bonds is 7. The number of nitrogens with zero attached hydrogens (tertiary/aromatic N) is 4. The third-order valence-electron chi connectivity index (χ3n) is 5.68. The number of ether oxygens (including phenoxy) is 1. The number of guanidine groups is 1. The van der Waals surface area contributed by atoms with Gasteiger partial charge in [-0.2, -0.15) is 0 Å². The number of hydrogen-bond acceptors (Lipinski definition) is 5. The predicted octanol–water partition coefficient (Wildman–Crippen LogP) is 0.256. The molecule has 2 amide bonds. The summed E-state index contributed by atoms with van der Waals surface area (Å²) in [5.41, 5.74) is 6.15. The zero-order valence-corrected chi connectivity index (χ0v) is 18.4. The van der Waals surface area contributed by atoms with Crippen molar-refractivity contribution in [1.82, 2.24) is 20.0 Å². The van der Waals surface area contributed by atoms with Crippen LogP contribution in [0.5, 0.6) is 5.75 Å². The van der Waals surface area contributed by atoms with Crippen LogP contribution in [0.2, 0.25) is 0 Å². The molecule has 2 saturated heterocycles. The molecule has 0 saturated carbocycles. The average molecular weight is 431 g/mol. The molecule has 1 aromatic rings. The van der Waals surface area contributed by atoms with Gasteiger partial charge in [-0.05, 0) is 37.0 Å². The van der Waals surface area contributed by atoms with E-state index < -0.39 is 5.91 Å². The van der Waals surface area contributed by atoms with E-state index in [1.807, 2.05) is 23.1 Å². The summed E-state index contributed by atoms with van der Waals surface area (Å²) in [6.45, 7) is 6.13. The van der Waals surface area contributed by atoms with Gasteiger partial charge in [0, 0.05) is 52.9 Å². The number of amides is 2. The Morgan fingerprint density at radius 3 is 2.48 bits per heavy atom. The number of aliphatic imine (C=N–C) groups is 1. The topological polar surface area (TPSA) is 103 Å². The Kier molecular flexibility index (Phi) is 8.52. The van der Waals surface area contributed by atoms with Crippen molar-refractivity contribution in [3.8, 4) is 5.75 Å². The lowest BCUT2D eigenvalue weighted by Crippen LogP contribution is -2.54. The summed E-state index contributed by atoms with van der Waals surface area (Å²) in [7, 11) is 1.78. The van der Waals surface area contributed by atoms with Gasteiger partial charge in [0.15, 0.2) is 12.6 Å². The first kappa shape index (κ1) is 22.9. The van der Waals surface area contributed by atoms with Crippen LogP contribution in [-0.4, -0.2) is 91.9 Å². The molecular weight excluding hydrogens is 396 g/mol. The number of nitrogens with one attached hydrogen (secondary N) is 1. The van der Waals surface area contributed by atoms with E-state index in [4.69, 9.17) is 10.5 Å². The second-order valence-electron chi connectivity index (χ2n) is 8.01. The summed E-state index contributed by atoms with van der Waals surface area (Å²) in [6, 6.07) is 7.55. The molecule has 170 valence electrons. The quantitative estimate of drug-likeness (QED) is 0.475. The van der Waals surface area contributed by atoms with Crippen molar-refractivity contribution >= 4 is 17.8 Å². The lowest BCUT2D eigenvalue weighted by Gasteiger charge is -2.37. The molecule has 0 unspecified atom stereocenters. The number of benzene rings is 1. The number of likely N-dealkylation sites (tertiary alicyclic amines) is 1. The van der Waals surface area contributed by atoms with Gasteiger partial charge in [0.25, 0.3) is 5.91 Å². The van der Waals surface area contributed by atoms with Crippen LogP contribution < -0.4 is 15.8 Å². The van der Waals surface area contributed by atoms with Crippen LogP contribution in [0.3, 0.4) is 0 Å². The van der Waals surface area contributed by atoms with Crippen LogP contribution in [0.25, 0.3) is 0 Å². The Labute approximate surface area is 184 Å². The smallest absolute Gasteiger partial charge is 0.255 e. The maximum atomic E-state index is 12.5. The first-order valence-electron chi connectivity index (χ1n) is 11.0. The van der Waals surface area contributed by atoms with E-state index >= 15 is 0 Å². The van der Waals surface area contributed by atoms with Crippen LogP contribution >= 0.6 is 0 Å². The standard InChI is InChI=1S/C22H34N6O3/c1-24-22(25-15-18-6-5-7-19(14-18)31-17-20(23)29)28-12-10-26(11-13-28)16-21(30)27-8-3-2-4-9-27/h5-7,14H,2-4,8-13,15-17H2,1H3,(H2,23,29)(H,24,25). The number of hydrogen-bond donors (Lipinski definition) is 2. The second-order valence-corrected chi connectivity index (χ2v) is 8.01. The summed E-state index contributed by atoms with van der Waals surface area (Å²) in [6.07, 6.45) is 3.49. The van der Waals surface area contributed by atoms with E-state index in [2.05, 4.69) is 20.1 Å². The lowest BCUT2D eigenvalue weighted by atomic mass is 10.1. The van der Waals surface area contributed by atoms with E-state index in [0.29, 0.717) is 18.8 Å². The summed E-state index contributed by atoms with van der Waals surface area (Å²) in [5, 5.41) is 3.39. The van der Waals surface area contributed by atoms with Crippen LogP contribution in [0, 0.1) is 0 Å². The largest absolute Gasteiger partial charge is 0.484 e. The molecule has 9 heteroatoms. The Bertz CT molecular complexity index is 770. The second kappa shape index (κ2) is 11.5. The van der Waals surface area contributed by atoms with Crippen molar-refractivity contribution in [2.24, 2.45) is 10.7 Å². The molecule has 1 aromatic carbocycles. The fourth-order valence-corrected chi connectivity index (χ4v) is 3.97. The fraction of sp³-hybridized carbons (Fsp3) is 0.591. The zero-order chi connectivity index (χ0) is 22.1. The van der Waals surface area contributed by atoms with E-state index in [-0.39, 0.29) is 12.5 Å². The third kappa shape index (κ3) is 7.13. The van der Waals surface area contributed by atoms with E-state index in [9.17, 15) is 9.59 Å². The van der Waals surface area contributed by atoms with E-state index in [0.717, 1.165) is 63.6 Å². The molecule has 0 bridgehead atoms. The van der Waals surface area contributed by atoms with Gasteiger partial charge < -0.3 is 25.6 Å². The highest BCUT2D eigenvalue weighted by Crippen LogP contribution is 2.14. The molecule has 0 aromatic heterocycles. The summed E-state index contributed by atoms with van der Waals surface area (Å²) < 4.78 is 5.37. The van der Waals surface area contributed by atoms with Crippen molar-refractivity contribution in [1.29, 1.82) is 0 Å². The van der Waals surface area contributed by atoms with E-state index in [1.54, 1.807) is 13.1 Å². The Morgan fingerprint density at radius 2 is 1.81 bits per heavy atom. The lowest BCUT2D eigenvalue weighted by molar-refractivity contribution is -0.133. The molecule has 0 radical (unpaired) electrons. The number of piperidine rings is 1. The molecule has 2 heterocycles. The van der Waals surface area contributed by atoms with Gasteiger partial charge in [0.2, 0.25) is 5.91 Å². The normalized spacial score (nSPS) is 18.0. The number of carbonyl (C=O) groups excluding carboxylic acids is 2. The van der Waals surface area contributed by atoms with Gasteiger partial charge in [-0.3, -0.25) is 19.5 Å². The molecule has 0 atom stereocenters. The molecule has 31 heavy (non-hydrogen) atoms. The molecule has 0 aliphatic carbocycles. The molecule has 2 fully saturated rings. The van der Waals surface area contributed by atoms with Crippen LogP contribution in [-0.2, 0) is 16.1 Å². The Hall–Kier alpha value is -2.81. The zero-order valence-electron chi connectivity index (χ0n) is 18.4. The molecular formula is C22H34N6O3. The van der Waals surface area contributed by atoms with Gasteiger partial charge in [-0.25, -0.2) is 0 Å². The van der Waals surface area contributed by atoms with Gasteiger partial charge in [0.1, 0.15) is 5.75 Å². The summed E-state index contributed by atoms with van der Waals surface area (Å²) >= 11 is 0. The minimum Gasteiger partial charge on any atom is -0.484 e. The minimum absolute atomic E-state index is 0.136. The van der Waals surface area contributed by atoms with Gasteiger partial charge in [-0.1, -0.05) is 12.1 Å². The first-order chi connectivity index (χ1) is 15.0. The maximum absolute atomic E-state index is 12.5. The number of carbonyl (C=O) groups is 2. The number of piperazine rings is 1. The number of nitrogens with two attached hydrogens (primary N) is 1. The highest BCUT2D eigenvalue weighted by Gasteiger charge is 2.24.